The third-order valence-corrected chi connectivity index (χ3v) is 5.20. The van der Waals surface area contributed by atoms with Crippen LogP contribution in [0, 0.1) is 0 Å². The van der Waals surface area contributed by atoms with Crippen molar-refractivity contribution in [2.24, 2.45) is 0 Å². The lowest BCUT2D eigenvalue weighted by Gasteiger charge is -2.16. The highest BCUT2D eigenvalue weighted by Gasteiger charge is 2.31. The Hall–Kier alpha value is -3.23. The molecule has 3 rings (SSSR count). The zero-order valence-corrected chi connectivity index (χ0v) is 15.8. The van der Waals surface area contributed by atoms with Gasteiger partial charge in [0, 0.05) is 0 Å². The van der Waals surface area contributed by atoms with E-state index in [9.17, 15) is 22.6 Å². The standard InChI is InChI=1S/C20H16O7S/c1-26-19(21)17-15(14-9-5-7-12-6-3-4-8-13(12)14)10-11-16(28(23,24)25)18(17)20(22)27-2/h3-11H,1-2H3,(H,23,24,25). The number of rotatable bonds is 4. The summed E-state index contributed by atoms with van der Waals surface area (Å²) < 4.78 is 42.6. The Balaban J connectivity index is 2.49. The van der Waals surface area contributed by atoms with Crippen molar-refractivity contribution in [2.75, 3.05) is 14.2 Å². The lowest BCUT2D eigenvalue weighted by Crippen LogP contribution is -2.18. The molecule has 7 nitrogen and oxygen atoms in total. The second-order valence-electron chi connectivity index (χ2n) is 5.85. The lowest BCUT2D eigenvalue weighted by molar-refractivity contribution is 0.0552. The molecule has 1 N–H and O–H groups in total. The first-order valence-electron chi connectivity index (χ1n) is 8.09. The molecule has 144 valence electrons. The minimum Gasteiger partial charge on any atom is -0.465 e. The summed E-state index contributed by atoms with van der Waals surface area (Å²) in [5.74, 6) is -2.02. The van der Waals surface area contributed by atoms with Gasteiger partial charge in [0.2, 0.25) is 0 Å². The van der Waals surface area contributed by atoms with Gasteiger partial charge in [-0.2, -0.15) is 8.42 Å². The topological polar surface area (TPSA) is 107 Å². The maximum Gasteiger partial charge on any atom is 0.340 e. The van der Waals surface area contributed by atoms with Gasteiger partial charge < -0.3 is 9.47 Å². The summed E-state index contributed by atoms with van der Waals surface area (Å²) in [6.07, 6.45) is 0. The summed E-state index contributed by atoms with van der Waals surface area (Å²) in [6, 6.07) is 15.2. The average Bonchev–Trinajstić information content (AvgIpc) is 2.70. The van der Waals surface area contributed by atoms with E-state index >= 15 is 0 Å². The number of benzene rings is 3. The Morgan fingerprint density at radius 3 is 2.04 bits per heavy atom. The summed E-state index contributed by atoms with van der Waals surface area (Å²) in [5, 5.41) is 1.67. The molecule has 0 aliphatic carbocycles. The van der Waals surface area contributed by atoms with Gasteiger partial charge in [-0.05, 0) is 28.0 Å². The first-order chi connectivity index (χ1) is 13.3. The van der Waals surface area contributed by atoms with Gasteiger partial charge in [0.05, 0.1) is 25.3 Å². The predicted octanol–water partition coefficient (Wildman–Crippen LogP) is 3.33. The molecule has 8 heteroatoms. The second-order valence-corrected chi connectivity index (χ2v) is 7.24. The molecule has 0 aliphatic rings. The lowest BCUT2D eigenvalue weighted by atomic mass is 9.92. The van der Waals surface area contributed by atoms with Crippen LogP contribution in [-0.4, -0.2) is 39.1 Å². The minimum absolute atomic E-state index is 0.274. The molecule has 0 aromatic heterocycles. The van der Waals surface area contributed by atoms with E-state index in [1.165, 1.54) is 6.07 Å². The predicted molar refractivity (Wildman–Crippen MR) is 102 cm³/mol. The Morgan fingerprint density at radius 1 is 0.786 bits per heavy atom. The molecule has 3 aromatic carbocycles. The summed E-state index contributed by atoms with van der Waals surface area (Å²) >= 11 is 0. The van der Waals surface area contributed by atoms with Crippen LogP contribution in [0.3, 0.4) is 0 Å². The van der Waals surface area contributed by atoms with E-state index in [1.54, 1.807) is 12.1 Å². The Labute approximate surface area is 161 Å². The second kappa shape index (κ2) is 7.41. The van der Waals surface area contributed by atoms with Crippen molar-refractivity contribution < 1.29 is 32.0 Å². The molecule has 28 heavy (non-hydrogen) atoms. The van der Waals surface area contributed by atoms with Crippen molar-refractivity contribution in [3.8, 4) is 11.1 Å². The maximum atomic E-state index is 12.6. The van der Waals surface area contributed by atoms with Gasteiger partial charge >= 0.3 is 11.9 Å². The van der Waals surface area contributed by atoms with Crippen LogP contribution >= 0.6 is 0 Å². The van der Waals surface area contributed by atoms with E-state index < -0.39 is 32.5 Å². The minimum atomic E-state index is -4.80. The number of fused-ring (bicyclic) bond motifs is 1. The number of carbonyl (C=O) groups excluding carboxylic acids is 2. The smallest absolute Gasteiger partial charge is 0.340 e. The van der Waals surface area contributed by atoms with Crippen molar-refractivity contribution >= 4 is 32.8 Å². The third-order valence-electron chi connectivity index (χ3n) is 4.30. The highest BCUT2D eigenvalue weighted by Crippen LogP contribution is 2.35. The zero-order chi connectivity index (χ0) is 20.5. The van der Waals surface area contributed by atoms with Crippen LogP contribution in [0.4, 0.5) is 0 Å². The molecule has 0 bridgehead atoms. The van der Waals surface area contributed by atoms with Crippen molar-refractivity contribution in [2.45, 2.75) is 4.90 Å². The van der Waals surface area contributed by atoms with Crippen LogP contribution in [0.1, 0.15) is 20.7 Å². The maximum absolute atomic E-state index is 12.6. The van der Waals surface area contributed by atoms with Crippen molar-refractivity contribution in [3.63, 3.8) is 0 Å². The van der Waals surface area contributed by atoms with E-state index in [1.807, 2.05) is 30.3 Å². The fraction of sp³-hybridized carbons (Fsp3) is 0.100. The molecule has 0 radical (unpaired) electrons. The van der Waals surface area contributed by atoms with E-state index in [4.69, 9.17) is 4.74 Å². The largest absolute Gasteiger partial charge is 0.465 e. The molecule has 0 spiro atoms. The van der Waals surface area contributed by atoms with Gasteiger partial charge in [0.25, 0.3) is 10.1 Å². The Morgan fingerprint density at radius 2 is 1.39 bits per heavy atom. The van der Waals surface area contributed by atoms with Crippen LogP contribution in [0.25, 0.3) is 21.9 Å². The summed E-state index contributed by atoms with van der Waals surface area (Å²) in [5.41, 5.74) is -0.0231. The molecule has 0 atom stereocenters. The van der Waals surface area contributed by atoms with Gasteiger partial charge in [0.15, 0.2) is 0 Å². The molecule has 0 heterocycles. The number of carbonyl (C=O) groups is 2. The highest BCUT2D eigenvalue weighted by atomic mass is 32.2. The van der Waals surface area contributed by atoms with Crippen LogP contribution in [-0.2, 0) is 19.6 Å². The summed E-state index contributed by atoms with van der Waals surface area (Å²) in [7, 11) is -2.65. The third kappa shape index (κ3) is 3.35. The Kier molecular flexibility index (Phi) is 5.17. The van der Waals surface area contributed by atoms with Gasteiger partial charge in [-0.15, -0.1) is 0 Å². The van der Waals surface area contributed by atoms with E-state index in [0.29, 0.717) is 5.56 Å². The first kappa shape index (κ1) is 19.5. The molecule has 0 amide bonds. The number of hydrogen-bond acceptors (Lipinski definition) is 6. The Bertz CT molecular complexity index is 1190. The van der Waals surface area contributed by atoms with Crippen molar-refractivity contribution in [1.82, 2.24) is 0 Å². The van der Waals surface area contributed by atoms with Gasteiger partial charge in [-0.3, -0.25) is 4.55 Å². The number of hydrogen-bond donors (Lipinski definition) is 1. The quantitative estimate of drug-likeness (QED) is 0.529. The normalized spacial score (nSPS) is 11.2. The first-order valence-corrected chi connectivity index (χ1v) is 9.53. The molecule has 0 saturated carbocycles. The van der Waals surface area contributed by atoms with Crippen molar-refractivity contribution in [3.05, 3.63) is 65.7 Å². The van der Waals surface area contributed by atoms with E-state index in [0.717, 1.165) is 31.1 Å². The monoisotopic (exact) mass is 400 g/mol. The summed E-state index contributed by atoms with van der Waals surface area (Å²) in [6.45, 7) is 0. The average molecular weight is 400 g/mol. The van der Waals surface area contributed by atoms with Crippen LogP contribution < -0.4 is 0 Å². The van der Waals surface area contributed by atoms with Gasteiger partial charge in [-0.25, -0.2) is 9.59 Å². The van der Waals surface area contributed by atoms with Crippen molar-refractivity contribution in [1.29, 1.82) is 0 Å². The molecule has 0 saturated heterocycles. The number of ether oxygens (including phenoxy) is 2. The van der Waals surface area contributed by atoms with Crippen LogP contribution in [0.5, 0.6) is 0 Å². The molecule has 0 fully saturated rings. The van der Waals surface area contributed by atoms with E-state index in [2.05, 4.69) is 4.74 Å². The SMILES string of the molecule is COC(=O)c1c(-c2cccc3ccccc23)ccc(S(=O)(=O)O)c1C(=O)OC. The van der Waals surface area contributed by atoms with Crippen LogP contribution in [0.2, 0.25) is 0 Å². The fourth-order valence-corrected chi connectivity index (χ4v) is 3.79. The molecular formula is C20H16O7S. The van der Waals surface area contributed by atoms with Crippen LogP contribution in [0.15, 0.2) is 59.5 Å². The van der Waals surface area contributed by atoms with Gasteiger partial charge in [-0.1, -0.05) is 48.5 Å². The zero-order valence-electron chi connectivity index (χ0n) is 15.0. The fourth-order valence-electron chi connectivity index (χ4n) is 3.10. The molecule has 0 aliphatic heterocycles. The number of esters is 2. The summed E-state index contributed by atoms with van der Waals surface area (Å²) in [4.78, 5) is 24.2. The molecular weight excluding hydrogens is 384 g/mol. The van der Waals surface area contributed by atoms with Gasteiger partial charge in [0.1, 0.15) is 4.90 Å². The highest BCUT2D eigenvalue weighted by molar-refractivity contribution is 7.86. The van der Waals surface area contributed by atoms with E-state index in [-0.39, 0.29) is 11.1 Å². The molecule has 0 unspecified atom stereocenters. The number of methoxy groups -OCH3 is 2. The molecule has 3 aromatic rings.